The molecule has 6 nitrogen and oxygen atoms in total. The van der Waals surface area contributed by atoms with Crippen molar-refractivity contribution in [3.05, 3.63) is 33.4 Å². The van der Waals surface area contributed by atoms with Crippen molar-refractivity contribution in [1.82, 2.24) is 9.78 Å². The molecule has 0 atom stereocenters. The minimum Gasteiger partial charge on any atom is -0.309 e. The van der Waals surface area contributed by atoms with E-state index in [4.69, 9.17) is 46.4 Å². The molecule has 0 aliphatic heterocycles. The minimum atomic E-state index is -5.14. The number of anilines is 1. The number of nitrogens with one attached hydrogen (secondary N) is 1. The molecule has 1 amide bonds. The first kappa shape index (κ1) is 25.0. The van der Waals surface area contributed by atoms with E-state index in [1.54, 1.807) is 0 Å². The molecule has 2 rings (SSSR count). The molecule has 1 N–H and O–H groups in total. The number of aromatic nitrogens is 2. The van der Waals surface area contributed by atoms with Crippen LogP contribution in [-0.2, 0) is 20.8 Å². The third-order valence-corrected chi connectivity index (χ3v) is 7.14. The van der Waals surface area contributed by atoms with Gasteiger partial charge >= 0.3 is 10.1 Å². The molecule has 0 radical (unpaired) electrons. The van der Waals surface area contributed by atoms with Crippen LogP contribution in [0.2, 0.25) is 10.0 Å². The summed E-state index contributed by atoms with van der Waals surface area (Å²) in [4.78, 5) is 11.0. The molecule has 0 saturated carbocycles. The lowest BCUT2D eigenvalue weighted by Gasteiger charge is -2.16. The quantitative estimate of drug-likeness (QED) is 0.398. The topological polar surface area (TPSA) is 81.1 Å². The van der Waals surface area contributed by atoms with E-state index in [2.05, 4.69) is 10.4 Å². The lowest BCUT2D eigenvalue weighted by atomic mass is 10.2. The van der Waals surface area contributed by atoms with E-state index >= 15 is 0 Å². The van der Waals surface area contributed by atoms with Crippen molar-refractivity contribution >= 4 is 68.0 Å². The van der Waals surface area contributed by atoms with Crippen LogP contribution in [-0.4, -0.2) is 28.0 Å². The molecule has 0 spiro atoms. The lowest BCUT2D eigenvalue weighted by molar-refractivity contribution is -0.137. The molecule has 1 aromatic heterocycles. The van der Waals surface area contributed by atoms with Gasteiger partial charge in [-0.15, -0.1) is 0 Å². The first-order chi connectivity index (χ1) is 13.5. The van der Waals surface area contributed by atoms with Gasteiger partial charge in [0.15, 0.2) is 5.82 Å². The minimum absolute atomic E-state index is 0.138. The van der Waals surface area contributed by atoms with Crippen LogP contribution >= 0.6 is 46.4 Å². The number of sulfone groups is 1. The van der Waals surface area contributed by atoms with Gasteiger partial charge in [0.1, 0.15) is 10.6 Å². The van der Waals surface area contributed by atoms with Crippen LogP contribution in [0.5, 0.6) is 0 Å². The number of rotatable bonds is 5. The fraction of sp³-hybridized carbons (Fsp3) is 0.333. The Kier molecular flexibility index (Phi) is 6.95. The number of alkyl halides is 6. The molecule has 0 aliphatic carbocycles. The maximum Gasteiger partial charge on any atom is 0.416 e. The molecule has 1 heterocycles. The van der Waals surface area contributed by atoms with Crippen LogP contribution in [0.15, 0.2) is 17.0 Å². The summed E-state index contributed by atoms with van der Waals surface area (Å²) in [6, 6.07) is 1.06. The number of nitrogens with zero attached hydrogens (tertiary/aromatic N) is 2. The predicted octanol–water partition coefficient (Wildman–Crippen LogP) is 5.69. The first-order valence-corrected chi connectivity index (χ1v) is 10.8. The van der Waals surface area contributed by atoms with Crippen LogP contribution in [0.3, 0.4) is 0 Å². The molecule has 30 heavy (non-hydrogen) atoms. The normalized spacial score (nSPS) is 12.9. The molecule has 2 aromatic rings. The predicted molar refractivity (Wildman–Crippen MR) is 105 cm³/mol. The highest BCUT2D eigenvalue weighted by Gasteiger charge is 2.46. The third-order valence-electron chi connectivity index (χ3n) is 3.71. The highest BCUT2D eigenvalue weighted by molar-refractivity contribution is 7.95. The van der Waals surface area contributed by atoms with Crippen LogP contribution in [0, 0.1) is 6.92 Å². The van der Waals surface area contributed by atoms with Crippen molar-refractivity contribution in [1.29, 1.82) is 0 Å². The number of aryl methyl sites for hydroxylation is 1. The summed E-state index contributed by atoms with van der Waals surface area (Å²) >= 11 is 22.2. The van der Waals surface area contributed by atoms with E-state index < -0.39 is 57.8 Å². The SMILES string of the molecule is CCC(=O)Nc1c(S(=O)(=O)C(F)(Cl)Cl)c(C)nn1-c1c(Cl)cc(C(F)(F)F)cc1Cl. The number of amides is 1. The van der Waals surface area contributed by atoms with Crippen molar-refractivity contribution in [2.45, 2.75) is 35.3 Å². The van der Waals surface area contributed by atoms with Gasteiger partial charge in [0.05, 0.1) is 21.3 Å². The van der Waals surface area contributed by atoms with E-state index in [1.807, 2.05) is 0 Å². The lowest BCUT2D eigenvalue weighted by Crippen LogP contribution is -2.24. The number of carbonyl (C=O) groups excluding carboxylic acids is 1. The average Bonchev–Trinajstić information content (AvgIpc) is 2.88. The van der Waals surface area contributed by atoms with Gasteiger partial charge in [-0.1, -0.05) is 30.1 Å². The fourth-order valence-corrected chi connectivity index (χ4v) is 4.54. The van der Waals surface area contributed by atoms with E-state index in [9.17, 15) is 30.8 Å². The summed E-state index contributed by atoms with van der Waals surface area (Å²) in [5, 5.41) is 4.89. The first-order valence-electron chi connectivity index (χ1n) is 7.79. The van der Waals surface area contributed by atoms with Crippen LogP contribution < -0.4 is 5.32 Å². The number of carbonyl (C=O) groups is 1. The van der Waals surface area contributed by atoms with E-state index in [0.717, 1.165) is 6.92 Å². The number of hydrogen-bond acceptors (Lipinski definition) is 4. The average molecular weight is 531 g/mol. The van der Waals surface area contributed by atoms with Crippen molar-refractivity contribution in [2.24, 2.45) is 0 Å². The summed E-state index contributed by atoms with van der Waals surface area (Å²) in [6.07, 6.45) is -4.91. The van der Waals surface area contributed by atoms with Gasteiger partial charge in [-0.05, 0) is 42.3 Å². The molecular formula is C15H11Cl4F4N3O3S. The second-order valence-corrected chi connectivity index (χ2v) is 10.3. The van der Waals surface area contributed by atoms with Gasteiger partial charge < -0.3 is 5.32 Å². The smallest absolute Gasteiger partial charge is 0.309 e. The van der Waals surface area contributed by atoms with Crippen molar-refractivity contribution < 1.29 is 30.8 Å². The highest BCUT2D eigenvalue weighted by Crippen LogP contribution is 2.43. The van der Waals surface area contributed by atoms with E-state index in [-0.39, 0.29) is 12.1 Å². The highest BCUT2D eigenvalue weighted by atomic mass is 35.5. The summed E-state index contributed by atoms with van der Waals surface area (Å²) < 4.78 is 74.8. The van der Waals surface area contributed by atoms with Crippen molar-refractivity contribution in [3.8, 4) is 5.69 Å². The Morgan fingerprint density at radius 3 is 2.07 bits per heavy atom. The Balaban J connectivity index is 2.89. The monoisotopic (exact) mass is 529 g/mol. The largest absolute Gasteiger partial charge is 0.416 e. The second-order valence-electron chi connectivity index (χ2n) is 5.81. The molecule has 0 bridgehead atoms. The Morgan fingerprint density at radius 2 is 1.67 bits per heavy atom. The second kappa shape index (κ2) is 8.34. The van der Waals surface area contributed by atoms with Gasteiger partial charge in [0.2, 0.25) is 15.7 Å². The number of hydrogen-bond donors (Lipinski definition) is 1. The summed E-state index contributed by atoms with van der Waals surface area (Å²) in [7, 11) is -5.14. The Hall–Kier alpha value is -1.27. The molecule has 166 valence electrons. The van der Waals surface area contributed by atoms with E-state index in [1.165, 1.54) is 6.92 Å². The molecular weight excluding hydrogens is 520 g/mol. The van der Waals surface area contributed by atoms with Crippen LogP contribution in [0.4, 0.5) is 23.4 Å². The van der Waals surface area contributed by atoms with Crippen molar-refractivity contribution in [2.75, 3.05) is 5.32 Å². The van der Waals surface area contributed by atoms with Gasteiger partial charge in [-0.25, -0.2) is 13.1 Å². The van der Waals surface area contributed by atoms with Gasteiger partial charge in [0, 0.05) is 6.42 Å². The van der Waals surface area contributed by atoms with Gasteiger partial charge in [0.25, 0.3) is 0 Å². The fourth-order valence-electron chi connectivity index (χ4n) is 2.37. The van der Waals surface area contributed by atoms with Gasteiger partial charge in [-0.3, -0.25) is 4.79 Å². The van der Waals surface area contributed by atoms with Crippen molar-refractivity contribution in [3.63, 3.8) is 0 Å². The Labute approximate surface area is 187 Å². The number of halogens is 8. The maximum atomic E-state index is 14.0. The molecule has 0 aliphatic rings. The van der Waals surface area contributed by atoms with Crippen LogP contribution in [0.25, 0.3) is 5.69 Å². The molecule has 1 aromatic carbocycles. The summed E-state index contributed by atoms with van der Waals surface area (Å²) in [5.74, 6) is -1.38. The Bertz CT molecular complexity index is 1090. The summed E-state index contributed by atoms with van der Waals surface area (Å²) in [5.41, 5.74) is -1.95. The Morgan fingerprint density at radius 1 is 1.17 bits per heavy atom. The zero-order valence-electron chi connectivity index (χ0n) is 14.9. The molecule has 15 heteroatoms. The summed E-state index contributed by atoms with van der Waals surface area (Å²) in [6.45, 7) is 2.55. The molecule has 0 fully saturated rings. The standard InChI is InChI=1S/C15H11Cl4F4N3O3S/c1-3-10(27)24-13-12(30(28,29)15(18,19)23)6(2)25-26(13)11-8(16)4-7(5-9(11)17)14(20,21)22/h4-5H,3H2,1-2H3,(H,24,27). The third kappa shape index (κ3) is 4.64. The van der Waals surface area contributed by atoms with Gasteiger partial charge in [-0.2, -0.15) is 22.7 Å². The maximum absolute atomic E-state index is 14.0. The molecule has 0 unspecified atom stereocenters. The molecule has 0 saturated heterocycles. The zero-order valence-corrected chi connectivity index (χ0v) is 18.8. The zero-order chi connectivity index (χ0) is 23.2. The van der Waals surface area contributed by atoms with E-state index in [0.29, 0.717) is 16.8 Å². The number of benzene rings is 1. The van der Waals surface area contributed by atoms with Crippen LogP contribution in [0.1, 0.15) is 24.6 Å².